The molecule has 0 saturated carbocycles. The van der Waals surface area contributed by atoms with Crippen LogP contribution in [0.1, 0.15) is 39.2 Å². The number of pyridine rings is 1. The van der Waals surface area contributed by atoms with Crippen LogP contribution in [0.4, 0.5) is 26.5 Å². The predicted molar refractivity (Wildman–Crippen MR) is 195 cm³/mol. The first kappa shape index (κ1) is 38.4. The van der Waals surface area contributed by atoms with E-state index in [0.717, 1.165) is 22.3 Å². The Morgan fingerprint density at radius 3 is 2.25 bits per heavy atom. The summed E-state index contributed by atoms with van der Waals surface area (Å²) >= 11 is 0. The van der Waals surface area contributed by atoms with Crippen molar-refractivity contribution in [2.45, 2.75) is 44.6 Å². The Balaban J connectivity index is 1.41. The molecule has 5 aromatic rings. The third-order valence-electron chi connectivity index (χ3n) is 8.34. The van der Waals surface area contributed by atoms with Crippen molar-refractivity contribution in [3.8, 4) is 16.9 Å². The highest BCUT2D eigenvalue weighted by Crippen LogP contribution is 2.35. The molecule has 5 rings (SSSR count). The smallest absolute Gasteiger partial charge is 0.424 e. The van der Waals surface area contributed by atoms with Crippen LogP contribution in [-0.4, -0.2) is 67.2 Å². The van der Waals surface area contributed by atoms with Crippen molar-refractivity contribution in [2.24, 2.45) is 11.1 Å². The van der Waals surface area contributed by atoms with E-state index in [1.54, 1.807) is 70.3 Å². The normalized spacial score (nSPS) is 12.8. The molecule has 3 aromatic carbocycles. The number of fused-ring (bicyclic) bond motifs is 1. The molecule has 3 N–H and O–H groups in total. The minimum Gasteiger partial charge on any atom is -0.495 e. The molecule has 0 saturated heterocycles. The van der Waals surface area contributed by atoms with Crippen LogP contribution in [-0.2, 0) is 28.9 Å². The second-order valence-electron chi connectivity index (χ2n) is 13.2. The van der Waals surface area contributed by atoms with E-state index in [0.29, 0.717) is 16.9 Å². The van der Waals surface area contributed by atoms with Crippen molar-refractivity contribution in [1.29, 1.82) is 0 Å². The maximum absolute atomic E-state index is 13.6. The molecule has 0 fully saturated rings. The third kappa shape index (κ3) is 8.96. The number of nitrogens with two attached hydrogens (primary N) is 1. The summed E-state index contributed by atoms with van der Waals surface area (Å²) in [6.07, 6.45) is 1.65. The molecule has 2 unspecified atom stereocenters. The first-order chi connectivity index (χ1) is 25.0. The lowest BCUT2D eigenvalue weighted by atomic mass is 9.87. The second kappa shape index (κ2) is 15.4. The number of nitrogens with zero attached hydrogens (tertiary/aromatic N) is 4. The topological polar surface area (TPSA) is 185 Å². The van der Waals surface area contributed by atoms with Crippen LogP contribution >= 0.6 is 0 Å². The molecule has 278 valence electrons. The second-order valence-corrected chi connectivity index (χ2v) is 15.3. The quantitative estimate of drug-likeness (QED) is 0.122. The molecule has 0 spiro atoms. The van der Waals surface area contributed by atoms with Crippen molar-refractivity contribution in [1.82, 2.24) is 14.6 Å². The van der Waals surface area contributed by atoms with Crippen molar-refractivity contribution in [3.05, 3.63) is 96.4 Å². The lowest BCUT2D eigenvalue weighted by Crippen LogP contribution is -2.43. The number of carbonyl (C=O) groups is 3. The number of carbonyl (C=O) groups excluding carboxylic acids is 3. The third-order valence-corrected chi connectivity index (χ3v) is 9.45. The Kier molecular flexibility index (Phi) is 11.1. The first-order valence-corrected chi connectivity index (χ1v) is 18.2. The molecule has 53 heavy (non-hydrogen) atoms. The summed E-state index contributed by atoms with van der Waals surface area (Å²) in [5.41, 5.74) is 8.48. The van der Waals surface area contributed by atoms with Crippen LogP contribution in [0.2, 0.25) is 0 Å². The summed E-state index contributed by atoms with van der Waals surface area (Å²) in [7, 11) is -2.33. The van der Waals surface area contributed by atoms with Crippen molar-refractivity contribution in [2.75, 3.05) is 30.4 Å². The predicted octanol–water partition coefficient (Wildman–Crippen LogP) is 5.84. The van der Waals surface area contributed by atoms with Crippen LogP contribution < -0.4 is 20.7 Å². The van der Waals surface area contributed by atoms with Crippen molar-refractivity contribution in [3.63, 3.8) is 0 Å². The van der Waals surface area contributed by atoms with Gasteiger partial charge in [0.25, 0.3) is 5.95 Å². The number of nitrogens with one attached hydrogen (secondary N) is 1. The number of amides is 2. The molecular weight excluding hydrogens is 708 g/mol. The van der Waals surface area contributed by atoms with Gasteiger partial charge in [0, 0.05) is 29.8 Å². The number of halogens is 1. The molecule has 0 aliphatic carbocycles. The molecule has 2 atom stereocenters. The Morgan fingerprint density at radius 2 is 1.62 bits per heavy atom. The first-order valence-electron chi connectivity index (χ1n) is 16.3. The lowest BCUT2D eigenvalue weighted by Gasteiger charge is -2.25. The van der Waals surface area contributed by atoms with Gasteiger partial charge in [0.1, 0.15) is 17.6 Å². The number of benzene rings is 3. The van der Waals surface area contributed by atoms with E-state index in [1.807, 2.05) is 12.1 Å². The van der Waals surface area contributed by atoms with Gasteiger partial charge in [-0.2, -0.15) is 4.98 Å². The average Bonchev–Trinajstić information content (AvgIpc) is 3.53. The fourth-order valence-corrected chi connectivity index (χ4v) is 5.68. The number of sulfone groups is 1. The Bertz CT molecular complexity index is 2250. The molecule has 0 aliphatic rings. The zero-order valence-electron chi connectivity index (χ0n) is 29.9. The maximum Gasteiger partial charge on any atom is 0.424 e. The molecule has 0 bridgehead atoms. The Hall–Kier alpha value is -5.87. The summed E-state index contributed by atoms with van der Waals surface area (Å²) < 4.78 is 55.1. The molecule has 2 aromatic heterocycles. The Labute approximate surface area is 305 Å². The van der Waals surface area contributed by atoms with E-state index in [-0.39, 0.29) is 34.0 Å². The van der Waals surface area contributed by atoms with E-state index in [2.05, 4.69) is 15.4 Å². The highest BCUT2D eigenvalue weighted by atomic mass is 32.2. The van der Waals surface area contributed by atoms with Gasteiger partial charge in [-0.1, -0.05) is 45.0 Å². The highest BCUT2D eigenvalue weighted by molar-refractivity contribution is 7.90. The number of methoxy groups -OCH3 is 1. The van der Waals surface area contributed by atoms with Gasteiger partial charge in [-0.25, -0.2) is 27.0 Å². The zero-order chi connectivity index (χ0) is 38.7. The molecule has 0 aliphatic heterocycles. The van der Waals surface area contributed by atoms with Crippen molar-refractivity contribution >= 4 is 50.8 Å². The standard InChI is InChI=1S/C37H39FN6O8S/c1-22(23-7-12-26(38)13-8-23)33(45)40-27-14-9-24(10-15-27)25-11-18-31-41-35(42-43(31)20-25)44(29-17-16-28(53(6,48)49)19-30(29)50-5)36(47)52-21-51-34(46)32(39)37(2,3)4/h7-20,22,32H,21,39H2,1-6H3,(H,40,45). The van der Waals surface area contributed by atoms with Gasteiger partial charge < -0.3 is 25.3 Å². The van der Waals surface area contributed by atoms with Gasteiger partial charge in [-0.15, -0.1) is 5.10 Å². The molecule has 14 nitrogen and oxygen atoms in total. The average molecular weight is 747 g/mol. The maximum atomic E-state index is 13.6. The van der Waals surface area contributed by atoms with Gasteiger partial charge in [-0.05, 0) is 72.0 Å². The van der Waals surface area contributed by atoms with E-state index in [9.17, 15) is 27.2 Å². The van der Waals surface area contributed by atoms with Crippen molar-refractivity contribution < 1.29 is 41.4 Å². The van der Waals surface area contributed by atoms with E-state index in [1.165, 1.54) is 42.0 Å². The number of hydrogen-bond acceptors (Lipinski definition) is 11. The van der Waals surface area contributed by atoms with E-state index < -0.39 is 46.1 Å². The van der Waals surface area contributed by atoms with Crippen LogP contribution in [0.3, 0.4) is 0 Å². The number of rotatable bonds is 11. The number of anilines is 3. The summed E-state index contributed by atoms with van der Waals surface area (Å²) in [5.74, 6) is -2.08. The largest absolute Gasteiger partial charge is 0.495 e. The van der Waals surface area contributed by atoms with Gasteiger partial charge in [0.2, 0.25) is 12.7 Å². The summed E-state index contributed by atoms with van der Waals surface area (Å²) in [6, 6.07) is 19.2. The number of esters is 1. The monoisotopic (exact) mass is 746 g/mol. The van der Waals surface area contributed by atoms with E-state index in [4.69, 9.17) is 19.9 Å². The van der Waals surface area contributed by atoms with Gasteiger partial charge in [0.15, 0.2) is 15.5 Å². The lowest BCUT2D eigenvalue weighted by molar-refractivity contribution is -0.155. The highest BCUT2D eigenvalue weighted by Gasteiger charge is 2.31. The number of aromatic nitrogens is 3. The van der Waals surface area contributed by atoms with Crippen LogP contribution in [0.5, 0.6) is 5.75 Å². The number of ether oxygens (including phenoxy) is 3. The fraction of sp³-hybridized carbons (Fsp3) is 0.270. The fourth-order valence-electron chi connectivity index (χ4n) is 5.04. The van der Waals surface area contributed by atoms with Crippen LogP contribution in [0.15, 0.2) is 90.0 Å². The SMILES string of the molecule is COc1cc(S(C)(=O)=O)ccc1N(C(=O)OCOC(=O)C(N)C(C)(C)C)c1nc2ccc(-c3ccc(NC(=O)C(C)c4ccc(F)cc4)cc3)cn2n1. The van der Waals surface area contributed by atoms with Crippen LogP contribution in [0.25, 0.3) is 16.8 Å². The van der Waals surface area contributed by atoms with E-state index >= 15 is 0 Å². The minimum absolute atomic E-state index is 0.00425. The summed E-state index contributed by atoms with van der Waals surface area (Å²) in [4.78, 5) is 44.3. The molecule has 0 radical (unpaired) electrons. The molecule has 2 amide bonds. The van der Waals surface area contributed by atoms with Crippen LogP contribution in [0, 0.1) is 11.2 Å². The summed E-state index contributed by atoms with van der Waals surface area (Å²) in [6.45, 7) is 6.23. The molecular formula is C37H39FN6O8S. The summed E-state index contributed by atoms with van der Waals surface area (Å²) in [5, 5.41) is 7.38. The Morgan fingerprint density at radius 1 is 0.962 bits per heavy atom. The zero-order valence-corrected chi connectivity index (χ0v) is 30.7. The van der Waals surface area contributed by atoms with Gasteiger partial charge in [-0.3, -0.25) is 9.59 Å². The van der Waals surface area contributed by atoms with Gasteiger partial charge >= 0.3 is 12.1 Å². The number of hydrogen-bond donors (Lipinski definition) is 2. The molecule has 16 heteroatoms. The van der Waals surface area contributed by atoms with Gasteiger partial charge in [0.05, 0.1) is 23.6 Å². The minimum atomic E-state index is -3.64. The molecule has 2 heterocycles.